The Morgan fingerprint density at radius 1 is 1.12 bits per heavy atom. The first-order valence-electron chi connectivity index (χ1n) is 8.07. The normalized spacial score (nSPS) is 26.8. The number of carbonyl (C=O) groups excluding carboxylic acids is 1. The zero-order chi connectivity index (χ0) is 19.1. The molecular weight excluding hydrogens is 331 g/mol. The summed E-state index contributed by atoms with van der Waals surface area (Å²) in [5.74, 6) is 0. The van der Waals surface area contributed by atoms with Crippen molar-refractivity contribution in [2.75, 3.05) is 27.8 Å². The number of amides is 1. The summed E-state index contributed by atoms with van der Waals surface area (Å²) >= 11 is 0. The van der Waals surface area contributed by atoms with Crippen LogP contribution in [0.25, 0.3) is 0 Å². The third-order valence-electron chi connectivity index (χ3n) is 4.37. The van der Waals surface area contributed by atoms with Gasteiger partial charge in [0.2, 0.25) is 0 Å². The van der Waals surface area contributed by atoms with Gasteiger partial charge in [-0.3, -0.25) is 14.4 Å². The SMILES string of the molecule is COP(=O)(OC)[C@@]1(C)CN(C(=O)OC(C)(C)C)[C@@H](C(C)(C)C)N1C. The van der Waals surface area contributed by atoms with Crippen molar-refractivity contribution in [1.29, 1.82) is 0 Å². The Morgan fingerprint density at radius 3 is 1.92 bits per heavy atom. The first kappa shape index (κ1) is 21.4. The first-order chi connectivity index (χ1) is 10.6. The molecule has 1 saturated heterocycles. The van der Waals surface area contributed by atoms with Crippen molar-refractivity contribution in [3.8, 4) is 0 Å². The molecule has 1 rings (SSSR count). The second-order valence-electron chi connectivity index (χ2n) is 8.54. The Labute approximate surface area is 146 Å². The number of nitrogens with zero attached hydrogens (tertiary/aromatic N) is 2. The number of hydrogen-bond donors (Lipinski definition) is 0. The molecule has 1 heterocycles. The second-order valence-corrected chi connectivity index (χ2v) is 11.2. The van der Waals surface area contributed by atoms with Gasteiger partial charge < -0.3 is 13.8 Å². The number of ether oxygens (including phenoxy) is 1. The fraction of sp³-hybridized carbons (Fsp3) is 0.938. The lowest BCUT2D eigenvalue weighted by Gasteiger charge is -2.41. The number of carbonyl (C=O) groups is 1. The average molecular weight is 364 g/mol. The number of likely N-dealkylation sites (N-methyl/N-ethyl adjacent to an activating group) is 1. The minimum absolute atomic E-state index is 0.194. The van der Waals surface area contributed by atoms with Crippen LogP contribution in [0.4, 0.5) is 4.79 Å². The van der Waals surface area contributed by atoms with Crippen LogP contribution in [0, 0.1) is 5.41 Å². The summed E-state index contributed by atoms with van der Waals surface area (Å²) in [5.41, 5.74) is -0.890. The van der Waals surface area contributed by atoms with Gasteiger partial charge in [-0.2, -0.15) is 0 Å². The van der Waals surface area contributed by atoms with Gasteiger partial charge in [0, 0.05) is 14.2 Å². The monoisotopic (exact) mass is 364 g/mol. The van der Waals surface area contributed by atoms with Gasteiger partial charge in [0.25, 0.3) is 0 Å². The van der Waals surface area contributed by atoms with Gasteiger partial charge in [0.1, 0.15) is 10.9 Å². The van der Waals surface area contributed by atoms with Crippen LogP contribution in [0.15, 0.2) is 0 Å². The van der Waals surface area contributed by atoms with Crippen molar-refractivity contribution in [3.05, 3.63) is 0 Å². The molecule has 1 aliphatic rings. The van der Waals surface area contributed by atoms with E-state index in [1.54, 1.807) is 11.8 Å². The molecule has 0 spiro atoms. The Bertz CT molecular complexity index is 518. The van der Waals surface area contributed by atoms with E-state index in [4.69, 9.17) is 13.8 Å². The van der Waals surface area contributed by atoms with Gasteiger partial charge in [-0.25, -0.2) is 4.79 Å². The van der Waals surface area contributed by atoms with E-state index in [-0.39, 0.29) is 18.1 Å². The minimum Gasteiger partial charge on any atom is -0.444 e. The average Bonchev–Trinajstić information content (AvgIpc) is 2.69. The highest BCUT2D eigenvalue weighted by Crippen LogP contribution is 2.63. The van der Waals surface area contributed by atoms with Gasteiger partial charge in [-0.15, -0.1) is 0 Å². The fourth-order valence-electron chi connectivity index (χ4n) is 3.27. The first-order valence-corrected chi connectivity index (χ1v) is 9.61. The van der Waals surface area contributed by atoms with Crippen molar-refractivity contribution in [2.24, 2.45) is 5.41 Å². The Morgan fingerprint density at radius 2 is 1.58 bits per heavy atom. The number of hydrogen-bond acceptors (Lipinski definition) is 6. The quantitative estimate of drug-likeness (QED) is 0.711. The van der Waals surface area contributed by atoms with Gasteiger partial charge in [-0.1, -0.05) is 20.8 Å². The third-order valence-corrected chi connectivity index (χ3v) is 6.96. The summed E-state index contributed by atoms with van der Waals surface area (Å²) in [5, 5.41) is -0.967. The molecule has 0 bridgehead atoms. The molecule has 142 valence electrons. The Balaban J connectivity index is 3.35. The molecule has 0 aromatic carbocycles. The molecule has 0 saturated carbocycles. The van der Waals surface area contributed by atoms with Gasteiger partial charge >= 0.3 is 13.7 Å². The van der Waals surface area contributed by atoms with Crippen molar-refractivity contribution >= 4 is 13.7 Å². The van der Waals surface area contributed by atoms with Crippen LogP contribution in [-0.2, 0) is 18.3 Å². The lowest BCUT2D eigenvalue weighted by molar-refractivity contribution is -0.00809. The zero-order valence-corrected chi connectivity index (χ0v) is 17.6. The predicted octanol–water partition coefficient (Wildman–Crippen LogP) is 3.74. The van der Waals surface area contributed by atoms with E-state index in [1.165, 1.54) is 14.2 Å². The summed E-state index contributed by atoms with van der Waals surface area (Å²) < 4.78 is 29.2. The van der Waals surface area contributed by atoms with Crippen molar-refractivity contribution < 1.29 is 23.1 Å². The maximum Gasteiger partial charge on any atom is 0.411 e. The fourth-order valence-corrected chi connectivity index (χ4v) is 5.03. The molecule has 1 fully saturated rings. The van der Waals surface area contributed by atoms with Crippen LogP contribution in [0.2, 0.25) is 0 Å². The molecule has 2 atom stereocenters. The highest BCUT2D eigenvalue weighted by molar-refractivity contribution is 7.55. The van der Waals surface area contributed by atoms with Crippen LogP contribution < -0.4 is 0 Å². The topological polar surface area (TPSA) is 68.3 Å². The zero-order valence-electron chi connectivity index (χ0n) is 16.7. The lowest BCUT2D eigenvalue weighted by Crippen LogP contribution is -2.51. The van der Waals surface area contributed by atoms with Crippen molar-refractivity contribution in [3.63, 3.8) is 0 Å². The highest BCUT2D eigenvalue weighted by atomic mass is 31.2. The molecule has 1 amide bonds. The molecule has 0 aliphatic carbocycles. The minimum atomic E-state index is -3.46. The molecule has 0 aromatic rings. The maximum absolute atomic E-state index is 13.1. The molecule has 0 N–H and O–H groups in total. The third kappa shape index (κ3) is 3.79. The van der Waals surface area contributed by atoms with E-state index in [0.717, 1.165) is 0 Å². The van der Waals surface area contributed by atoms with E-state index >= 15 is 0 Å². The molecule has 0 radical (unpaired) electrons. The van der Waals surface area contributed by atoms with Crippen LogP contribution >= 0.6 is 7.60 Å². The summed E-state index contributed by atoms with van der Waals surface area (Å²) in [4.78, 5) is 16.3. The molecule has 7 nitrogen and oxygen atoms in total. The van der Waals surface area contributed by atoms with Crippen LogP contribution in [-0.4, -0.2) is 60.8 Å². The van der Waals surface area contributed by atoms with Crippen LogP contribution in [0.5, 0.6) is 0 Å². The van der Waals surface area contributed by atoms with Crippen molar-refractivity contribution in [2.45, 2.75) is 65.5 Å². The van der Waals surface area contributed by atoms with E-state index in [0.29, 0.717) is 0 Å². The van der Waals surface area contributed by atoms with Crippen LogP contribution in [0.1, 0.15) is 48.5 Å². The lowest BCUT2D eigenvalue weighted by atomic mass is 9.91. The molecule has 1 aliphatic heterocycles. The van der Waals surface area contributed by atoms with Crippen LogP contribution in [0.3, 0.4) is 0 Å². The second kappa shape index (κ2) is 6.60. The molecule has 0 unspecified atom stereocenters. The van der Waals surface area contributed by atoms with Gasteiger partial charge in [0.15, 0.2) is 0 Å². The Hall–Kier alpha value is -0.620. The van der Waals surface area contributed by atoms with Crippen molar-refractivity contribution in [1.82, 2.24) is 9.80 Å². The standard InChI is InChI=1S/C16H33N2O5P/c1-14(2,3)12-17(8)16(7,24(20,21-9)22-10)11-18(12)13(19)23-15(4,5)6/h12H,11H2,1-10H3/t12-,16-/m0/s1. The summed E-state index contributed by atoms with van der Waals surface area (Å²) in [6.45, 7) is 13.6. The predicted molar refractivity (Wildman–Crippen MR) is 94.0 cm³/mol. The largest absolute Gasteiger partial charge is 0.444 e. The maximum atomic E-state index is 13.1. The summed E-state index contributed by atoms with van der Waals surface area (Å²) in [7, 11) is 1.12. The summed E-state index contributed by atoms with van der Waals surface area (Å²) in [6.07, 6.45) is -0.743. The molecule has 0 aromatic heterocycles. The van der Waals surface area contributed by atoms with E-state index in [9.17, 15) is 9.36 Å². The number of rotatable bonds is 3. The van der Waals surface area contributed by atoms with E-state index in [1.807, 2.05) is 53.5 Å². The Kier molecular flexibility index (Phi) is 5.89. The molecule has 8 heteroatoms. The van der Waals surface area contributed by atoms with E-state index < -0.39 is 24.6 Å². The highest BCUT2D eigenvalue weighted by Gasteiger charge is 2.61. The molecular formula is C16H33N2O5P. The summed E-state index contributed by atoms with van der Waals surface area (Å²) in [6, 6.07) is 0. The molecule has 24 heavy (non-hydrogen) atoms. The smallest absolute Gasteiger partial charge is 0.411 e. The van der Waals surface area contributed by atoms with Gasteiger partial charge in [-0.05, 0) is 40.2 Å². The van der Waals surface area contributed by atoms with Gasteiger partial charge in [0.05, 0.1) is 12.7 Å². The van der Waals surface area contributed by atoms with E-state index in [2.05, 4.69) is 0 Å².